The van der Waals surface area contributed by atoms with E-state index in [-0.39, 0.29) is 61.7 Å². The molecule has 0 unspecified atom stereocenters. The SMILES string of the molecule is Cc1ccc2c(F)c(-c3cc(F)c(F)c(F)c3)ccc2c1.Cc1ccc2c(F)c(-c3cc(F)c(OC(F)(F)F)c(F)c3)ccc2c1.Cc1ccc2c(F)c(-c3ccc(F)c(F)c3)ccc2c1.Cc1ccc2c(F)c(-c3ccc(F)cc3)ccc2c1.Cc1ccc2c(F)c(-c3ccc(OC(F)(F)F)c(F)c3)ccc2c1.Cc1ccc2c(F)c(-c3ccc(OC(F)(F)F)cc3)ccc2c1. The lowest BCUT2D eigenvalue weighted by Gasteiger charge is -2.13. The van der Waals surface area contributed by atoms with Crippen LogP contribution >= 0.6 is 0 Å². The molecule has 0 heterocycles. The molecule has 0 aliphatic heterocycles. The molecule has 3 nitrogen and oxygen atoms in total. The summed E-state index contributed by atoms with van der Waals surface area (Å²) >= 11 is 0. The summed E-state index contributed by atoms with van der Waals surface area (Å²) in [6.07, 6.45) is -15.0. The summed E-state index contributed by atoms with van der Waals surface area (Å²) in [4.78, 5) is 0. The van der Waals surface area contributed by atoms with Crippen molar-refractivity contribution in [2.24, 2.45) is 0 Å². The van der Waals surface area contributed by atoms with Gasteiger partial charge in [0, 0.05) is 65.7 Å². The number of alkyl halides is 9. The van der Waals surface area contributed by atoms with E-state index in [2.05, 4.69) is 14.2 Å². The zero-order chi connectivity index (χ0) is 95.3. The molecule has 0 fully saturated rings. The van der Waals surface area contributed by atoms with Gasteiger partial charge in [0.05, 0.1) is 0 Å². The second-order valence-corrected chi connectivity index (χ2v) is 30.4. The molecule has 0 N–H and O–H groups in total. The third-order valence-corrected chi connectivity index (χ3v) is 20.7. The Hall–Kier alpha value is -14.8. The molecule has 132 heavy (non-hydrogen) atoms. The largest absolute Gasteiger partial charge is 0.573 e. The van der Waals surface area contributed by atoms with Crippen LogP contribution in [-0.2, 0) is 0 Å². The average molecular weight is 1830 g/mol. The molecule has 0 spiro atoms. The van der Waals surface area contributed by atoms with Crippen molar-refractivity contribution in [3.63, 3.8) is 0 Å². The molecule has 27 heteroatoms. The summed E-state index contributed by atoms with van der Waals surface area (Å²) in [6, 6.07) is 71.2. The minimum atomic E-state index is -5.24. The molecule has 0 saturated heterocycles. The second-order valence-electron chi connectivity index (χ2n) is 30.4. The first-order chi connectivity index (χ1) is 62.4. The Morgan fingerprint density at radius 1 is 0.182 bits per heavy atom. The predicted molar refractivity (Wildman–Crippen MR) is 464 cm³/mol. The molecule has 0 bridgehead atoms. The van der Waals surface area contributed by atoms with Crippen LogP contribution in [0.5, 0.6) is 17.2 Å². The number of benzene rings is 18. The minimum Gasteiger partial charge on any atom is -0.406 e. The smallest absolute Gasteiger partial charge is 0.406 e. The van der Waals surface area contributed by atoms with Gasteiger partial charge in [-0.25, -0.2) is 65.9 Å². The molecule has 18 aromatic rings. The van der Waals surface area contributed by atoms with E-state index >= 15 is 0 Å². The van der Waals surface area contributed by atoms with Gasteiger partial charge in [0.25, 0.3) is 0 Å². The number of fused-ring (bicyclic) bond motifs is 6. The molecule has 0 radical (unpaired) electrons. The number of halogens is 24. The van der Waals surface area contributed by atoms with Crippen LogP contribution in [0, 0.1) is 129 Å². The Kier molecular flexibility index (Phi) is 28.2. The lowest BCUT2D eigenvalue weighted by molar-refractivity contribution is -0.277. The predicted octanol–water partition coefficient (Wildman–Crippen LogP) is 33.7. The highest BCUT2D eigenvalue weighted by Gasteiger charge is 2.36. The number of aryl methyl sites for hydroxylation is 6. The second kappa shape index (κ2) is 39.3. The Morgan fingerprint density at radius 2 is 0.432 bits per heavy atom. The highest BCUT2D eigenvalue weighted by Crippen LogP contribution is 2.41. The van der Waals surface area contributed by atoms with Crippen molar-refractivity contribution in [2.45, 2.75) is 60.6 Å². The first-order valence-corrected chi connectivity index (χ1v) is 39.6. The molecule has 0 aliphatic carbocycles. The first-order valence-electron chi connectivity index (χ1n) is 39.6. The van der Waals surface area contributed by atoms with Gasteiger partial charge in [-0.1, -0.05) is 252 Å². The summed E-state index contributed by atoms with van der Waals surface area (Å²) in [5, 5.41) is 6.90. The Bertz CT molecular complexity index is 7350. The topological polar surface area (TPSA) is 27.7 Å². The maximum absolute atomic E-state index is 14.7. The van der Waals surface area contributed by atoms with Crippen LogP contribution in [0.3, 0.4) is 0 Å². The molecule has 0 atom stereocenters. The van der Waals surface area contributed by atoms with Crippen molar-refractivity contribution in [2.75, 3.05) is 0 Å². The fourth-order valence-corrected chi connectivity index (χ4v) is 14.5. The first kappa shape index (κ1) is 94.8. The highest BCUT2D eigenvalue weighted by molar-refractivity contribution is 5.94. The van der Waals surface area contributed by atoms with Crippen LogP contribution in [0.15, 0.2) is 291 Å². The van der Waals surface area contributed by atoms with Gasteiger partial charge in [-0.05, 0) is 180 Å². The number of rotatable bonds is 9. The van der Waals surface area contributed by atoms with E-state index in [1.54, 1.807) is 115 Å². The minimum absolute atomic E-state index is 0.0316. The zero-order valence-electron chi connectivity index (χ0n) is 69.5. The maximum atomic E-state index is 14.7. The Balaban J connectivity index is 0.000000135. The molecule has 0 amide bonds. The van der Waals surface area contributed by atoms with E-state index in [1.807, 2.05) is 96.1 Å². The van der Waals surface area contributed by atoms with Crippen LogP contribution < -0.4 is 14.2 Å². The molecule has 18 rings (SSSR count). The van der Waals surface area contributed by atoms with E-state index in [9.17, 15) is 105 Å². The summed E-state index contributed by atoms with van der Waals surface area (Å²) in [5.41, 5.74) is 8.46. The van der Waals surface area contributed by atoms with Gasteiger partial charge in [0.2, 0.25) is 5.75 Å². The van der Waals surface area contributed by atoms with E-state index in [0.29, 0.717) is 83.0 Å². The molecular formula is C105H66F24O3. The number of hydrogen-bond acceptors (Lipinski definition) is 3. The standard InChI is InChI=1S/C18H10F6O.C18H11F5O.C18H12F4O.C17H10F4.C17H11F3.C17H12F2/c1-9-2-4-12-10(6-9)3-5-13(16(12)21)11-7-14(19)17(15(20)8-11)25-18(22,23)24;1-10-2-5-13-11(8-10)3-6-14(17(13)20)12-4-7-16(15(19)9-12)24-18(21,22)23;1-11-2-8-16-13(10-11)5-9-15(17(16)19)12-3-6-14(7-4-12)23-18(20,21)22;1-9-2-4-12-10(6-9)3-5-13(16(12)20)11-7-14(18)17(21)15(19)8-11;1-10-2-5-13-11(8-10)3-6-14(17(13)20)12-4-7-15(18)16(19)9-12;1-11-2-8-16-13(10-11)5-9-15(17(16)19)12-3-6-14(18)7-4-12/h2-8H,1H3;2-9H,1H3;2-10H,1H3;2-8H,1H3;2-9H,1H3;2-10H,1H3. The number of hydrogen-bond donors (Lipinski definition) is 0. The Morgan fingerprint density at radius 3 is 0.720 bits per heavy atom. The van der Waals surface area contributed by atoms with E-state index in [0.717, 1.165) is 85.9 Å². The molecule has 18 aromatic carbocycles. The maximum Gasteiger partial charge on any atom is 0.573 e. The number of ether oxygens (including phenoxy) is 3. The van der Waals surface area contributed by atoms with Gasteiger partial charge in [0.1, 0.15) is 46.5 Å². The molecule has 0 saturated carbocycles. The Labute approximate surface area is 737 Å². The third kappa shape index (κ3) is 22.6. The molecule has 0 aliphatic rings. The fourth-order valence-electron chi connectivity index (χ4n) is 14.5. The van der Waals surface area contributed by atoms with Crippen molar-refractivity contribution in [1.82, 2.24) is 0 Å². The van der Waals surface area contributed by atoms with Crippen molar-refractivity contribution < 1.29 is 120 Å². The fraction of sp³-hybridized carbons (Fsp3) is 0.0857. The summed E-state index contributed by atoms with van der Waals surface area (Å²) in [5.74, 6) is -16.6. The van der Waals surface area contributed by atoms with Crippen molar-refractivity contribution >= 4 is 64.6 Å². The van der Waals surface area contributed by atoms with Gasteiger partial charge in [-0.15, -0.1) is 39.5 Å². The molecule has 0 aromatic heterocycles. The average Bonchev–Trinajstić information content (AvgIpc) is 0.797. The van der Waals surface area contributed by atoms with E-state index in [4.69, 9.17) is 0 Å². The summed E-state index contributed by atoms with van der Waals surface area (Å²) in [7, 11) is 0. The van der Waals surface area contributed by atoms with Crippen molar-refractivity contribution in [3.05, 3.63) is 412 Å². The monoisotopic (exact) mass is 1830 g/mol. The molecular weight excluding hydrogens is 1770 g/mol. The van der Waals surface area contributed by atoms with Crippen LogP contribution in [0.1, 0.15) is 33.4 Å². The highest BCUT2D eigenvalue weighted by atomic mass is 19.4. The van der Waals surface area contributed by atoms with Crippen LogP contribution in [0.4, 0.5) is 105 Å². The lowest BCUT2D eigenvalue weighted by Crippen LogP contribution is -2.19. The lowest BCUT2D eigenvalue weighted by atomic mass is 9.99. The normalized spacial score (nSPS) is 11.4. The van der Waals surface area contributed by atoms with Gasteiger partial charge in [-0.2, -0.15) is 0 Å². The van der Waals surface area contributed by atoms with E-state index in [1.165, 1.54) is 72.8 Å². The quantitative estimate of drug-likeness (QED) is 0.106. The van der Waals surface area contributed by atoms with Gasteiger partial charge in [0.15, 0.2) is 52.3 Å². The van der Waals surface area contributed by atoms with Crippen molar-refractivity contribution in [1.29, 1.82) is 0 Å². The van der Waals surface area contributed by atoms with Gasteiger partial charge in [-0.3, -0.25) is 0 Å². The summed E-state index contributed by atoms with van der Waals surface area (Å²) in [6.45, 7) is 11.4. The van der Waals surface area contributed by atoms with Crippen LogP contribution in [-0.4, -0.2) is 19.1 Å². The van der Waals surface area contributed by atoms with Gasteiger partial charge < -0.3 is 14.2 Å². The summed E-state index contributed by atoms with van der Waals surface area (Å²) < 4.78 is 328. The van der Waals surface area contributed by atoms with Crippen LogP contribution in [0.25, 0.3) is 131 Å². The third-order valence-electron chi connectivity index (χ3n) is 20.7. The van der Waals surface area contributed by atoms with Gasteiger partial charge >= 0.3 is 19.1 Å². The van der Waals surface area contributed by atoms with Crippen LogP contribution in [0.2, 0.25) is 0 Å². The zero-order valence-corrected chi connectivity index (χ0v) is 69.5. The molecule has 672 valence electrons. The van der Waals surface area contributed by atoms with E-state index < -0.39 is 106 Å². The van der Waals surface area contributed by atoms with Crippen molar-refractivity contribution in [3.8, 4) is 84.0 Å².